The zero-order chi connectivity index (χ0) is 14.8. The van der Waals surface area contributed by atoms with Crippen LogP contribution in [-0.2, 0) is 9.16 Å². The van der Waals surface area contributed by atoms with Crippen molar-refractivity contribution in [3.63, 3.8) is 0 Å². The fourth-order valence-corrected chi connectivity index (χ4v) is 2.95. The summed E-state index contributed by atoms with van der Waals surface area (Å²) in [7, 11) is -1.61. The Morgan fingerprint density at radius 2 is 1.89 bits per heavy atom. The molecular formula is C14H27NO3Si. The van der Waals surface area contributed by atoms with Gasteiger partial charge in [-0.3, -0.25) is 0 Å². The van der Waals surface area contributed by atoms with Crippen molar-refractivity contribution in [3.05, 3.63) is 12.3 Å². The van der Waals surface area contributed by atoms with Crippen molar-refractivity contribution in [1.29, 1.82) is 0 Å². The summed E-state index contributed by atoms with van der Waals surface area (Å²) < 4.78 is 11.3. The van der Waals surface area contributed by atoms with Gasteiger partial charge in [-0.1, -0.05) is 6.58 Å². The van der Waals surface area contributed by atoms with Crippen LogP contribution < -0.4 is 0 Å². The van der Waals surface area contributed by atoms with Crippen LogP contribution in [0, 0.1) is 5.92 Å². The summed E-state index contributed by atoms with van der Waals surface area (Å²) in [5, 5.41) is 0. The lowest BCUT2D eigenvalue weighted by atomic mass is 10.1. The maximum absolute atomic E-state index is 12.0. The minimum Gasteiger partial charge on any atom is -0.548 e. The highest BCUT2D eigenvalue weighted by atomic mass is 28.4. The lowest BCUT2D eigenvalue weighted by molar-refractivity contribution is 0.0289. The molecular weight excluding hydrogens is 258 g/mol. The number of amides is 1. The topological polar surface area (TPSA) is 38.8 Å². The number of carbonyl (C=O) groups is 1. The first-order valence-corrected chi connectivity index (χ1v) is 10.2. The number of hydrogen-bond acceptors (Lipinski definition) is 3. The number of ether oxygens (including phenoxy) is 1. The number of carbonyl (C=O) groups excluding carboxylic acids is 1. The summed E-state index contributed by atoms with van der Waals surface area (Å²) in [6, 6.07) is 0. The van der Waals surface area contributed by atoms with Crippen LogP contribution in [0.2, 0.25) is 19.6 Å². The summed E-state index contributed by atoms with van der Waals surface area (Å²) in [6.07, 6.45) is 0.665. The molecule has 1 aliphatic heterocycles. The molecule has 4 nitrogen and oxygen atoms in total. The van der Waals surface area contributed by atoms with Gasteiger partial charge in [-0.05, 0) is 46.8 Å². The Kier molecular flexibility index (Phi) is 4.71. The van der Waals surface area contributed by atoms with Crippen LogP contribution in [0.1, 0.15) is 27.2 Å². The van der Waals surface area contributed by atoms with Gasteiger partial charge in [0.25, 0.3) is 0 Å². The summed E-state index contributed by atoms with van der Waals surface area (Å²) in [5.74, 6) is 1.06. The third kappa shape index (κ3) is 5.68. The fraction of sp³-hybridized carbons (Fsp3) is 0.786. The Bertz CT molecular complexity index is 321. The lowest BCUT2D eigenvalue weighted by Gasteiger charge is -2.26. The second-order valence-electron chi connectivity index (χ2n) is 7.09. The highest BCUT2D eigenvalue weighted by Gasteiger charge is 2.32. The van der Waals surface area contributed by atoms with Crippen molar-refractivity contribution in [2.75, 3.05) is 13.1 Å². The molecule has 1 heterocycles. The molecule has 1 unspecified atom stereocenters. The summed E-state index contributed by atoms with van der Waals surface area (Å²) in [6.45, 7) is 17.4. The predicted molar refractivity (Wildman–Crippen MR) is 79.5 cm³/mol. The van der Waals surface area contributed by atoms with Gasteiger partial charge in [-0.25, -0.2) is 4.79 Å². The predicted octanol–water partition coefficient (Wildman–Crippen LogP) is 3.61. The van der Waals surface area contributed by atoms with Crippen LogP contribution in [0.25, 0.3) is 0 Å². The third-order valence-electron chi connectivity index (χ3n) is 2.73. The fourth-order valence-electron chi connectivity index (χ4n) is 1.99. The molecule has 0 aromatic heterocycles. The van der Waals surface area contributed by atoms with E-state index < -0.39 is 13.9 Å². The average Bonchev–Trinajstić information content (AvgIpc) is 2.60. The van der Waals surface area contributed by atoms with Crippen LogP contribution in [0.3, 0.4) is 0 Å². The second kappa shape index (κ2) is 5.57. The van der Waals surface area contributed by atoms with E-state index in [4.69, 9.17) is 9.16 Å². The van der Waals surface area contributed by atoms with E-state index in [1.807, 2.05) is 20.8 Å². The first kappa shape index (κ1) is 16.1. The Hall–Kier alpha value is -0.973. The number of rotatable bonds is 3. The molecule has 1 rings (SSSR count). The highest BCUT2D eigenvalue weighted by molar-refractivity contribution is 6.70. The zero-order valence-corrected chi connectivity index (χ0v) is 14.1. The standard InChI is InChI=1S/C14H27NO3Si/c1-11(18-19(5,6)7)12-8-9-15(10-12)13(16)17-14(2,3)4/h12H,1,8-10H2,2-7H3. The normalized spacial score (nSPS) is 20.3. The van der Waals surface area contributed by atoms with Crippen molar-refractivity contribution < 1.29 is 14.0 Å². The van der Waals surface area contributed by atoms with E-state index in [0.717, 1.165) is 12.2 Å². The Labute approximate surface area is 117 Å². The zero-order valence-electron chi connectivity index (χ0n) is 13.1. The van der Waals surface area contributed by atoms with Gasteiger partial charge in [0.2, 0.25) is 8.32 Å². The molecule has 19 heavy (non-hydrogen) atoms. The van der Waals surface area contributed by atoms with E-state index >= 15 is 0 Å². The molecule has 0 N–H and O–H groups in total. The van der Waals surface area contributed by atoms with Gasteiger partial charge < -0.3 is 14.1 Å². The summed E-state index contributed by atoms with van der Waals surface area (Å²) in [5.41, 5.74) is -0.443. The number of likely N-dealkylation sites (tertiary alicyclic amines) is 1. The molecule has 0 aromatic rings. The molecule has 1 atom stereocenters. The van der Waals surface area contributed by atoms with Crippen LogP contribution in [0.5, 0.6) is 0 Å². The van der Waals surface area contributed by atoms with E-state index in [-0.39, 0.29) is 12.0 Å². The first-order chi connectivity index (χ1) is 8.48. The van der Waals surface area contributed by atoms with Crippen molar-refractivity contribution in [2.24, 2.45) is 5.92 Å². The Balaban J connectivity index is 2.50. The van der Waals surface area contributed by atoms with E-state index in [1.165, 1.54) is 0 Å². The Morgan fingerprint density at radius 3 is 2.37 bits per heavy atom. The molecule has 1 aliphatic rings. The van der Waals surface area contributed by atoms with Gasteiger partial charge in [0.1, 0.15) is 5.60 Å². The van der Waals surface area contributed by atoms with E-state index in [0.29, 0.717) is 13.1 Å². The quantitative estimate of drug-likeness (QED) is 0.587. The average molecular weight is 285 g/mol. The smallest absolute Gasteiger partial charge is 0.410 e. The van der Waals surface area contributed by atoms with Gasteiger partial charge >= 0.3 is 6.09 Å². The van der Waals surface area contributed by atoms with E-state index in [9.17, 15) is 4.79 Å². The lowest BCUT2D eigenvalue weighted by Crippen LogP contribution is -2.35. The van der Waals surface area contributed by atoms with Gasteiger partial charge in [-0.15, -0.1) is 0 Å². The van der Waals surface area contributed by atoms with Crippen LogP contribution in [-0.4, -0.2) is 38.0 Å². The molecule has 0 aromatic carbocycles. The van der Waals surface area contributed by atoms with Crippen molar-refractivity contribution >= 4 is 14.4 Å². The van der Waals surface area contributed by atoms with E-state index in [1.54, 1.807) is 4.90 Å². The third-order valence-corrected chi connectivity index (χ3v) is 3.61. The Morgan fingerprint density at radius 1 is 1.32 bits per heavy atom. The number of hydrogen-bond donors (Lipinski definition) is 0. The van der Waals surface area contributed by atoms with Gasteiger partial charge in [0.05, 0.1) is 5.76 Å². The van der Waals surface area contributed by atoms with Crippen LogP contribution in [0.15, 0.2) is 12.3 Å². The molecule has 0 spiro atoms. The molecule has 0 bridgehead atoms. The number of nitrogens with zero attached hydrogens (tertiary/aromatic N) is 1. The monoisotopic (exact) mass is 285 g/mol. The molecule has 110 valence electrons. The molecule has 0 radical (unpaired) electrons. The van der Waals surface area contributed by atoms with Crippen molar-refractivity contribution in [3.8, 4) is 0 Å². The maximum Gasteiger partial charge on any atom is 0.410 e. The van der Waals surface area contributed by atoms with Gasteiger partial charge in [-0.2, -0.15) is 0 Å². The molecule has 1 amide bonds. The van der Waals surface area contributed by atoms with Gasteiger partial charge in [0.15, 0.2) is 0 Å². The molecule has 5 heteroatoms. The molecule has 0 aliphatic carbocycles. The molecule has 0 saturated carbocycles. The molecule has 1 saturated heterocycles. The minimum absolute atomic E-state index is 0.235. The summed E-state index contributed by atoms with van der Waals surface area (Å²) >= 11 is 0. The first-order valence-electron chi connectivity index (χ1n) is 6.84. The van der Waals surface area contributed by atoms with E-state index in [2.05, 4.69) is 26.2 Å². The van der Waals surface area contributed by atoms with Gasteiger partial charge in [0, 0.05) is 19.0 Å². The second-order valence-corrected chi connectivity index (χ2v) is 11.5. The SMILES string of the molecule is C=C(O[Si](C)(C)C)C1CCN(C(=O)OC(C)(C)C)C1. The minimum atomic E-state index is -1.61. The molecule has 1 fully saturated rings. The maximum atomic E-state index is 12.0. The largest absolute Gasteiger partial charge is 0.548 e. The van der Waals surface area contributed by atoms with Crippen molar-refractivity contribution in [1.82, 2.24) is 4.90 Å². The van der Waals surface area contributed by atoms with Crippen molar-refractivity contribution in [2.45, 2.75) is 52.4 Å². The van der Waals surface area contributed by atoms with Crippen LogP contribution in [0.4, 0.5) is 4.79 Å². The summed E-state index contributed by atoms with van der Waals surface area (Å²) in [4.78, 5) is 13.7. The highest BCUT2D eigenvalue weighted by Crippen LogP contribution is 2.27. The van der Waals surface area contributed by atoms with Crippen LogP contribution >= 0.6 is 0 Å².